The molecule has 3 aromatic carbocycles. The van der Waals surface area contributed by atoms with Gasteiger partial charge in [0, 0.05) is 6.42 Å². The van der Waals surface area contributed by atoms with E-state index in [2.05, 4.69) is 93.1 Å². The average molecular weight is 309 g/mol. The molecule has 0 atom stereocenters. The molecule has 0 saturated carbocycles. The molecule has 0 saturated heterocycles. The molecule has 0 bridgehead atoms. The second-order valence-electron chi connectivity index (χ2n) is 6.39. The van der Waals surface area contributed by atoms with Crippen LogP contribution in [0.2, 0.25) is 0 Å². The van der Waals surface area contributed by atoms with E-state index < -0.39 is 0 Å². The molecule has 0 aromatic heterocycles. The lowest BCUT2D eigenvalue weighted by atomic mass is 9.87. The van der Waals surface area contributed by atoms with Crippen LogP contribution in [0.1, 0.15) is 30.0 Å². The van der Waals surface area contributed by atoms with Crippen LogP contribution in [0.5, 0.6) is 0 Å². The zero-order chi connectivity index (χ0) is 16.5. The summed E-state index contributed by atoms with van der Waals surface area (Å²) in [5.41, 5.74) is 10.7. The third-order valence-electron chi connectivity index (χ3n) is 4.86. The maximum Gasteiger partial charge on any atom is 0.0164 e. The molecule has 0 nitrogen and oxygen atoms in total. The van der Waals surface area contributed by atoms with Crippen LogP contribution in [0.25, 0.3) is 28.3 Å². The molecule has 0 spiro atoms. The Morgan fingerprint density at radius 1 is 0.750 bits per heavy atom. The van der Waals surface area contributed by atoms with Crippen molar-refractivity contribution < 1.29 is 0 Å². The van der Waals surface area contributed by atoms with Crippen molar-refractivity contribution in [1.82, 2.24) is 0 Å². The highest BCUT2D eigenvalue weighted by Gasteiger charge is 2.20. The second kappa shape index (κ2) is 6.13. The number of hydrogen-bond acceptors (Lipinski definition) is 0. The Morgan fingerprint density at radius 3 is 2.25 bits per heavy atom. The standard InChI is InChI=1S/C24H21/c1-3-18-15-20-13-14-22(19-10-5-4-6-11-19)24(23(20)16-18)21-12-8-7-9-17(21)2/h4-16H,3H2,1-2H3. The highest BCUT2D eigenvalue weighted by molar-refractivity contribution is 5.94. The molecule has 0 aliphatic heterocycles. The van der Waals surface area contributed by atoms with Gasteiger partial charge in [0.1, 0.15) is 0 Å². The molecule has 0 heterocycles. The van der Waals surface area contributed by atoms with Crippen molar-refractivity contribution in [2.45, 2.75) is 20.3 Å². The van der Waals surface area contributed by atoms with E-state index in [0.717, 1.165) is 6.42 Å². The van der Waals surface area contributed by atoms with Gasteiger partial charge in [0.15, 0.2) is 0 Å². The van der Waals surface area contributed by atoms with Crippen molar-refractivity contribution in [2.75, 3.05) is 0 Å². The van der Waals surface area contributed by atoms with E-state index in [0.29, 0.717) is 0 Å². The van der Waals surface area contributed by atoms with Crippen molar-refractivity contribution in [1.29, 1.82) is 0 Å². The third-order valence-corrected chi connectivity index (χ3v) is 4.86. The van der Waals surface area contributed by atoms with Gasteiger partial charge in [-0.15, -0.1) is 0 Å². The Hall–Kier alpha value is -2.60. The molecule has 0 fully saturated rings. The molecule has 4 rings (SSSR count). The fraction of sp³-hybridized carbons (Fsp3) is 0.125. The van der Waals surface area contributed by atoms with Gasteiger partial charge in [-0.3, -0.25) is 0 Å². The minimum atomic E-state index is 1.07. The number of aryl methyl sites for hydroxylation is 1. The summed E-state index contributed by atoms with van der Waals surface area (Å²) in [6.45, 7) is 4.42. The average Bonchev–Trinajstić information content (AvgIpc) is 3.06. The first-order chi connectivity index (χ1) is 11.8. The molecule has 0 N–H and O–H groups in total. The van der Waals surface area contributed by atoms with E-state index in [9.17, 15) is 0 Å². The molecule has 24 heavy (non-hydrogen) atoms. The van der Waals surface area contributed by atoms with Crippen LogP contribution < -0.4 is 0 Å². The van der Waals surface area contributed by atoms with E-state index in [1.54, 1.807) is 0 Å². The van der Waals surface area contributed by atoms with Gasteiger partial charge in [0.25, 0.3) is 0 Å². The van der Waals surface area contributed by atoms with Crippen LogP contribution in [0.4, 0.5) is 0 Å². The molecule has 0 heteroatoms. The number of fused-ring (bicyclic) bond motifs is 1. The van der Waals surface area contributed by atoms with Crippen molar-refractivity contribution in [3.63, 3.8) is 0 Å². The highest BCUT2D eigenvalue weighted by atomic mass is 14.2. The predicted octanol–water partition coefficient (Wildman–Crippen LogP) is 6.69. The number of allylic oxidation sites excluding steroid dienone is 1. The maximum absolute atomic E-state index is 2.36. The molecule has 117 valence electrons. The first kappa shape index (κ1) is 15.0. The van der Waals surface area contributed by atoms with Gasteiger partial charge < -0.3 is 0 Å². The van der Waals surface area contributed by atoms with E-state index in [-0.39, 0.29) is 0 Å². The molecule has 3 aromatic rings. The summed E-state index contributed by atoms with van der Waals surface area (Å²) in [7, 11) is 0. The van der Waals surface area contributed by atoms with Gasteiger partial charge in [0.2, 0.25) is 0 Å². The van der Waals surface area contributed by atoms with E-state index in [1.807, 2.05) is 0 Å². The van der Waals surface area contributed by atoms with Crippen LogP contribution in [0.3, 0.4) is 0 Å². The fourth-order valence-corrected chi connectivity index (χ4v) is 3.55. The van der Waals surface area contributed by atoms with Crippen LogP contribution in [0, 0.1) is 13.3 Å². The van der Waals surface area contributed by atoms with Gasteiger partial charge in [-0.05, 0) is 52.3 Å². The third kappa shape index (κ3) is 2.49. The summed E-state index contributed by atoms with van der Waals surface area (Å²) in [6.07, 6.45) is 5.76. The molecule has 1 aliphatic rings. The lowest BCUT2D eigenvalue weighted by molar-refractivity contribution is 1.14. The van der Waals surface area contributed by atoms with Crippen LogP contribution in [-0.2, 0) is 0 Å². The number of benzene rings is 3. The van der Waals surface area contributed by atoms with Crippen LogP contribution in [0.15, 0.2) is 72.3 Å². The highest BCUT2D eigenvalue weighted by Crippen LogP contribution is 2.43. The number of rotatable bonds is 3. The molecule has 0 amide bonds. The molecular formula is C24H21. The minimum Gasteiger partial charge on any atom is -0.0622 e. The van der Waals surface area contributed by atoms with Crippen molar-refractivity contribution in [2.24, 2.45) is 0 Å². The number of hydrogen-bond donors (Lipinski definition) is 0. The first-order valence-corrected chi connectivity index (χ1v) is 8.61. The van der Waals surface area contributed by atoms with Gasteiger partial charge in [-0.2, -0.15) is 0 Å². The summed E-state index contributed by atoms with van der Waals surface area (Å²) in [5.74, 6) is 0. The summed E-state index contributed by atoms with van der Waals surface area (Å²) >= 11 is 0. The molecule has 1 radical (unpaired) electrons. The van der Waals surface area contributed by atoms with E-state index in [1.165, 1.54) is 44.5 Å². The largest absolute Gasteiger partial charge is 0.0622 e. The molecular weight excluding hydrogens is 288 g/mol. The van der Waals surface area contributed by atoms with Crippen LogP contribution >= 0.6 is 0 Å². The summed E-state index contributed by atoms with van der Waals surface area (Å²) in [4.78, 5) is 0. The van der Waals surface area contributed by atoms with Crippen molar-refractivity contribution in [3.05, 3.63) is 95.4 Å². The van der Waals surface area contributed by atoms with Crippen molar-refractivity contribution >= 4 is 6.08 Å². The van der Waals surface area contributed by atoms with Gasteiger partial charge in [-0.1, -0.05) is 85.3 Å². The fourth-order valence-electron chi connectivity index (χ4n) is 3.55. The molecule has 0 unspecified atom stereocenters. The van der Waals surface area contributed by atoms with Gasteiger partial charge in [0.05, 0.1) is 0 Å². The summed E-state index contributed by atoms with van der Waals surface area (Å²) < 4.78 is 0. The summed E-state index contributed by atoms with van der Waals surface area (Å²) in [5, 5.41) is 0. The zero-order valence-corrected chi connectivity index (χ0v) is 14.2. The summed E-state index contributed by atoms with van der Waals surface area (Å²) in [6, 6.07) is 23.9. The topological polar surface area (TPSA) is 0 Å². The van der Waals surface area contributed by atoms with E-state index >= 15 is 0 Å². The van der Waals surface area contributed by atoms with Gasteiger partial charge in [-0.25, -0.2) is 0 Å². The van der Waals surface area contributed by atoms with Crippen molar-refractivity contribution in [3.8, 4) is 22.3 Å². The van der Waals surface area contributed by atoms with E-state index in [4.69, 9.17) is 0 Å². The second-order valence-corrected chi connectivity index (χ2v) is 6.39. The quantitative estimate of drug-likeness (QED) is 0.505. The smallest absolute Gasteiger partial charge is 0.0164 e. The Labute approximate surface area is 144 Å². The first-order valence-electron chi connectivity index (χ1n) is 8.61. The monoisotopic (exact) mass is 309 g/mol. The molecule has 1 aliphatic carbocycles. The Bertz CT molecular complexity index is 914. The Kier molecular flexibility index (Phi) is 3.82. The maximum atomic E-state index is 2.36. The Balaban J connectivity index is 2.03. The van der Waals surface area contributed by atoms with Gasteiger partial charge >= 0.3 is 0 Å². The zero-order valence-electron chi connectivity index (χ0n) is 14.2. The SMILES string of the molecule is CCC1=Cc2c(ccc(-c3ccccc3)c2-c2ccccc2C)[CH]1. The normalized spacial score (nSPS) is 12.8. The minimum absolute atomic E-state index is 1.07. The predicted molar refractivity (Wildman–Crippen MR) is 104 cm³/mol. The van der Waals surface area contributed by atoms with Crippen LogP contribution in [-0.4, -0.2) is 0 Å². The lowest BCUT2D eigenvalue weighted by Crippen LogP contribution is -1.93. The Morgan fingerprint density at radius 2 is 1.50 bits per heavy atom. The lowest BCUT2D eigenvalue weighted by Gasteiger charge is -2.17.